The maximum absolute atomic E-state index is 10.7. The van der Waals surface area contributed by atoms with Crippen LogP contribution in [0.3, 0.4) is 0 Å². The molecular weight excluding hydrogens is 268 g/mol. The molecule has 0 amide bonds. The number of ether oxygens (including phenoxy) is 2. The Balaban J connectivity index is 2.97. The van der Waals surface area contributed by atoms with Crippen molar-refractivity contribution in [1.82, 2.24) is 9.88 Å². The molecule has 0 saturated heterocycles. The van der Waals surface area contributed by atoms with Gasteiger partial charge in [0, 0.05) is 18.8 Å². The van der Waals surface area contributed by atoms with Gasteiger partial charge in [-0.25, -0.2) is 0 Å². The second-order valence-electron chi connectivity index (χ2n) is 3.93. The topological polar surface area (TPSA) is 109 Å². The van der Waals surface area contributed by atoms with Gasteiger partial charge in [-0.05, 0) is 0 Å². The first-order valence-corrected chi connectivity index (χ1v) is 5.69. The highest BCUT2D eigenvalue weighted by Gasteiger charge is 2.18. The molecule has 0 fully saturated rings. The van der Waals surface area contributed by atoms with Crippen LogP contribution in [0, 0.1) is 0 Å². The fourth-order valence-corrected chi connectivity index (χ4v) is 1.73. The number of hydrogen-bond acceptors (Lipinski definition) is 6. The summed E-state index contributed by atoms with van der Waals surface area (Å²) in [6.07, 6.45) is 1.48. The average Bonchev–Trinajstić information content (AvgIpc) is 2.36. The average molecular weight is 284 g/mol. The Bertz CT molecular complexity index is 475. The molecule has 0 aliphatic heterocycles. The van der Waals surface area contributed by atoms with Gasteiger partial charge in [-0.15, -0.1) is 0 Å². The summed E-state index contributed by atoms with van der Waals surface area (Å²) in [7, 11) is 2.90. The second-order valence-corrected chi connectivity index (χ2v) is 3.93. The van der Waals surface area contributed by atoms with Crippen LogP contribution in [0.2, 0.25) is 0 Å². The lowest BCUT2D eigenvalue weighted by Crippen LogP contribution is -2.34. The molecule has 0 spiro atoms. The summed E-state index contributed by atoms with van der Waals surface area (Å²) in [5, 5.41) is 17.6. The zero-order chi connectivity index (χ0) is 15.1. The molecular formula is C12H16N2O6. The molecule has 0 aromatic carbocycles. The van der Waals surface area contributed by atoms with Gasteiger partial charge >= 0.3 is 11.9 Å². The molecule has 110 valence electrons. The van der Waals surface area contributed by atoms with Crippen molar-refractivity contribution in [2.24, 2.45) is 0 Å². The molecule has 2 N–H and O–H groups in total. The molecule has 0 aliphatic rings. The van der Waals surface area contributed by atoms with E-state index in [1.165, 1.54) is 25.3 Å². The largest absolute Gasteiger partial charge is 0.493 e. The van der Waals surface area contributed by atoms with Crippen LogP contribution in [0.5, 0.6) is 11.5 Å². The number of aromatic nitrogens is 1. The van der Waals surface area contributed by atoms with Crippen molar-refractivity contribution < 1.29 is 29.3 Å². The Morgan fingerprint density at radius 1 is 1.20 bits per heavy atom. The lowest BCUT2D eigenvalue weighted by Gasteiger charge is -2.19. The first-order valence-electron chi connectivity index (χ1n) is 5.69. The number of carboxylic acids is 2. The molecule has 0 aliphatic carbocycles. The van der Waals surface area contributed by atoms with Crippen LogP contribution >= 0.6 is 0 Å². The molecule has 0 radical (unpaired) electrons. The third-order valence-corrected chi connectivity index (χ3v) is 2.46. The SMILES string of the molecule is COc1ccnc(CN(CC(=O)O)CC(=O)O)c1OC. The van der Waals surface area contributed by atoms with Gasteiger partial charge in [-0.2, -0.15) is 0 Å². The van der Waals surface area contributed by atoms with Gasteiger partial charge in [0.1, 0.15) is 5.69 Å². The lowest BCUT2D eigenvalue weighted by molar-refractivity contribution is -0.142. The molecule has 0 atom stereocenters. The molecule has 1 aromatic heterocycles. The number of hydrogen-bond donors (Lipinski definition) is 2. The maximum Gasteiger partial charge on any atom is 0.317 e. The summed E-state index contributed by atoms with van der Waals surface area (Å²) in [5.41, 5.74) is 0.411. The number of methoxy groups -OCH3 is 2. The van der Waals surface area contributed by atoms with Gasteiger partial charge in [0.2, 0.25) is 0 Å². The molecule has 0 bridgehead atoms. The number of nitrogens with zero attached hydrogens (tertiary/aromatic N) is 2. The number of carbonyl (C=O) groups is 2. The Morgan fingerprint density at radius 2 is 1.80 bits per heavy atom. The molecule has 1 aromatic rings. The van der Waals surface area contributed by atoms with Crippen molar-refractivity contribution in [1.29, 1.82) is 0 Å². The molecule has 1 rings (SSSR count). The van der Waals surface area contributed by atoms with Crippen LogP contribution in [-0.4, -0.2) is 59.3 Å². The smallest absolute Gasteiger partial charge is 0.317 e. The number of pyridine rings is 1. The van der Waals surface area contributed by atoms with Gasteiger partial charge in [-0.1, -0.05) is 0 Å². The van der Waals surface area contributed by atoms with E-state index in [2.05, 4.69) is 4.98 Å². The fraction of sp³-hybridized carbons (Fsp3) is 0.417. The highest BCUT2D eigenvalue weighted by molar-refractivity contribution is 5.72. The molecule has 0 saturated carbocycles. The van der Waals surface area contributed by atoms with Crippen LogP contribution in [0.4, 0.5) is 0 Å². The van der Waals surface area contributed by atoms with Gasteiger partial charge in [0.15, 0.2) is 11.5 Å². The van der Waals surface area contributed by atoms with Crippen molar-refractivity contribution in [3.8, 4) is 11.5 Å². The predicted octanol–water partition coefficient (Wildman–Crippen LogP) is 0.0700. The minimum Gasteiger partial charge on any atom is -0.493 e. The van der Waals surface area contributed by atoms with E-state index in [1.54, 1.807) is 6.07 Å². The predicted molar refractivity (Wildman–Crippen MR) is 67.9 cm³/mol. The van der Waals surface area contributed by atoms with Gasteiger partial charge < -0.3 is 19.7 Å². The van der Waals surface area contributed by atoms with E-state index < -0.39 is 25.0 Å². The fourth-order valence-electron chi connectivity index (χ4n) is 1.73. The van der Waals surface area contributed by atoms with Gasteiger partial charge in [0.25, 0.3) is 0 Å². The number of carboxylic acid groups (broad SMARTS) is 2. The van der Waals surface area contributed by atoms with Crippen molar-refractivity contribution in [3.05, 3.63) is 18.0 Å². The summed E-state index contributed by atoms with van der Waals surface area (Å²) in [6.45, 7) is -0.790. The van der Waals surface area contributed by atoms with Crippen LogP contribution in [-0.2, 0) is 16.1 Å². The Kier molecular flexibility index (Phi) is 5.73. The zero-order valence-corrected chi connectivity index (χ0v) is 11.2. The van der Waals surface area contributed by atoms with Crippen LogP contribution in [0.25, 0.3) is 0 Å². The molecule has 8 heteroatoms. The van der Waals surface area contributed by atoms with E-state index in [0.717, 1.165) is 0 Å². The lowest BCUT2D eigenvalue weighted by atomic mass is 10.2. The van der Waals surface area contributed by atoms with E-state index in [9.17, 15) is 9.59 Å². The molecule has 8 nitrogen and oxygen atoms in total. The van der Waals surface area contributed by atoms with E-state index in [1.807, 2.05) is 0 Å². The standard InChI is InChI=1S/C12H16N2O6/c1-19-9-3-4-13-8(12(9)20-2)5-14(6-10(15)16)7-11(17)18/h3-4H,5-7H2,1-2H3,(H,15,16)(H,17,18). The van der Waals surface area contributed by atoms with E-state index >= 15 is 0 Å². The molecule has 20 heavy (non-hydrogen) atoms. The van der Waals surface area contributed by atoms with Crippen molar-refractivity contribution in [2.75, 3.05) is 27.3 Å². The van der Waals surface area contributed by atoms with Gasteiger partial charge in [0.05, 0.1) is 27.3 Å². The highest BCUT2D eigenvalue weighted by atomic mass is 16.5. The van der Waals surface area contributed by atoms with Crippen molar-refractivity contribution in [3.63, 3.8) is 0 Å². The second kappa shape index (κ2) is 7.29. The van der Waals surface area contributed by atoms with Crippen LogP contribution in [0.1, 0.15) is 5.69 Å². The van der Waals surface area contributed by atoms with E-state index in [4.69, 9.17) is 19.7 Å². The Morgan fingerprint density at radius 3 is 2.25 bits per heavy atom. The monoisotopic (exact) mass is 284 g/mol. The third kappa shape index (κ3) is 4.39. The third-order valence-electron chi connectivity index (χ3n) is 2.46. The first kappa shape index (κ1) is 15.7. The summed E-state index contributed by atoms with van der Waals surface area (Å²) in [6, 6.07) is 1.60. The first-order chi connectivity index (χ1) is 9.47. The zero-order valence-electron chi connectivity index (χ0n) is 11.2. The van der Waals surface area contributed by atoms with E-state index in [0.29, 0.717) is 17.2 Å². The number of aliphatic carboxylic acids is 2. The maximum atomic E-state index is 10.7. The van der Waals surface area contributed by atoms with Crippen molar-refractivity contribution >= 4 is 11.9 Å². The molecule has 1 heterocycles. The normalized spacial score (nSPS) is 10.3. The van der Waals surface area contributed by atoms with Crippen LogP contribution in [0.15, 0.2) is 12.3 Å². The quantitative estimate of drug-likeness (QED) is 0.690. The van der Waals surface area contributed by atoms with Crippen LogP contribution < -0.4 is 9.47 Å². The summed E-state index contributed by atoms with van der Waals surface area (Å²) in [4.78, 5) is 26.8. The number of rotatable bonds is 8. The summed E-state index contributed by atoms with van der Waals surface area (Å²) in [5.74, 6) is -1.43. The summed E-state index contributed by atoms with van der Waals surface area (Å²) >= 11 is 0. The van der Waals surface area contributed by atoms with Gasteiger partial charge in [-0.3, -0.25) is 19.5 Å². The van der Waals surface area contributed by atoms with E-state index in [-0.39, 0.29) is 6.54 Å². The summed E-state index contributed by atoms with van der Waals surface area (Å²) < 4.78 is 10.3. The minimum absolute atomic E-state index is 0.0268. The minimum atomic E-state index is -1.12. The Labute approximate surface area is 115 Å². The Hall–Kier alpha value is -2.35. The van der Waals surface area contributed by atoms with Crippen molar-refractivity contribution in [2.45, 2.75) is 6.54 Å². The highest BCUT2D eigenvalue weighted by Crippen LogP contribution is 2.29. The molecule has 0 unspecified atom stereocenters.